The number of nitrogens with zero attached hydrogens (tertiary/aromatic N) is 1. The largest absolute Gasteiger partial charge is 0.256 e. The minimum absolute atomic E-state index is 0.0127. The second-order valence-electron chi connectivity index (χ2n) is 7.90. The van der Waals surface area contributed by atoms with E-state index in [2.05, 4.69) is 62.2 Å². The van der Waals surface area contributed by atoms with Crippen LogP contribution < -0.4 is 0 Å². The summed E-state index contributed by atoms with van der Waals surface area (Å²) in [4.78, 5) is 4.57. The average molecular weight is 355 g/mol. The van der Waals surface area contributed by atoms with E-state index in [1.54, 1.807) is 18.3 Å². The lowest BCUT2D eigenvalue weighted by molar-refractivity contribution is 0.596. The van der Waals surface area contributed by atoms with Crippen molar-refractivity contribution in [1.82, 2.24) is 4.98 Å². The molecule has 0 radical (unpaired) electrons. The van der Waals surface area contributed by atoms with Crippen molar-refractivity contribution in [1.29, 1.82) is 0 Å². The summed E-state index contributed by atoms with van der Waals surface area (Å²) in [6.45, 7) is 6.67. The van der Waals surface area contributed by atoms with Crippen LogP contribution in [-0.4, -0.2) is 4.98 Å². The number of hydrogen-bond donors (Lipinski definition) is 0. The maximum atomic E-state index is 14.2. The van der Waals surface area contributed by atoms with Gasteiger partial charge in [0, 0.05) is 17.3 Å². The normalized spacial score (nSPS) is 11.7. The Bertz CT molecular complexity index is 1120. The van der Waals surface area contributed by atoms with Crippen LogP contribution in [0.2, 0.25) is 0 Å². The molecular formula is C25H22FN. The van der Waals surface area contributed by atoms with Crippen LogP contribution in [0.4, 0.5) is 4.39 Å². The quantitative estimate of drug-likeness (QED) is 0.377. The van der Waals surface area contributed by atoms with Crippen LogP contribution in [-0.2, 0) is 5.41 Å². The first-order valence-electron chi connectivity index (χ1n) is 9.18. The molecule has 0 saturated heterocycles. The summed E-state index contributed by atoms with van der Waals surface area (Å²) in [5.41, 5.74) is 4.64. The van der Waals surface area contributed by atoms with Crippen molar-refractivity contribution >= 4 is 10.8 Å². The molecule has 0 bridgehead atoms. The van der Waals surface area contributed by atoms with E-state index in [0.29, 0.717) is 5.56 Å². The highest BCUT2D eigenvalue weighted by atomic mass is 19.1. The van der Waals surface area contributed by atoms with Gasteiger partial charge in [-0.05, 0) is 57.6 Å². The van der Waals surface area contributed by atoms with Gasteiger partial charge in [0.15, 0.2) is 0 Å². The second-order valence-corrected chi connectivity index (χ2v) is 7.90. The van der Waals surface area contributed by atoms with Gasteiger partial charge in [0.05, 0.1) is 5.69 Å². The molecule has 1 aromatic heterocycles. The second kappa shape index (κ2) is 6.62. The van der Waals surface area contributed by atoms with Gasteiger partial charge in [-0.1, -0.05) is 63.2 Å². The van der Waals surface area contributed by atoms with Gasteiger partial charge in [-0.25, -0.2) is 4.39 Å². The Morgan fingerprint density at radius 1 is 0.778 bits per heavy atom. The monoisotopic (exact) mass is 355 g/mol. The number of rotatable bonds is 2. The zero-order valence-corrected chi connectivity index (χ0v) is 15.8. The molecule has 134 valence electrons. The first kappa shape index (κ1) is 17.4. The Morgan fingerprint density at radius 3 is 2.30 bits per heavy atom. The fraction of sp³-hybridized carbons (Fsp3) is 0.160. The van der Waals surface area contributed by atoms with Crippen molar-refractivity contribution in [3.05, 3.63) is 90.4 Å². The summed E-state index contributed by atoms with van der Waals surface area (Å²) < 4.78 is 14.2. The van der Waals surface area contributed by atoms with Gasteiger partial charge in [0.2, 0.25) is 0 Å². The third-order valence-electron chi connectivity index (χ3n) is 4.91. The van der Waals surface area contributed by atoms with Gasteiger partial charge in [0.25, 0.3) is 0 Å². The molecule has 2 heteroatoms. The van der Waals surface area contributed by atoms with Crippen molar-refractivity contribution in [2.45, 2.75) is 26.2 Å². The molecule has 4 rings (SSSR count). The van der Waals surface area contributed by atoms with Crippen LogP contribution in [0.25, 0.3) is 33.2 Å². The maximum absolute atomic E-state index is 14.2. The van der Waals surface area contributed by atoms with Crippen molar-refractivity contribution in [3.8, 4) is 22.4 Å². The molecule has 0 N–H and O–H groups in total. The van der Waals surface area contributed by atoms with E-state index in [9.17, 15) is 4.39 Å². The first-order chi connectivity index (χ1) is 12.9. The minimum atomic E-state index is -0.219. The van der Waals surface area contributed by atoms with E-state index in [1.807, 2.05) is 18.2 Å². The lowest BCUT2D eigenvalue weighted by Gasteiger charge is -2.22. The minimum Gasteiger partial charge on any atom is -0.256 e. The van der Waals surface area contributed by atoms with Crippen molar-refractivity contribution in [2.24, 2.45) is 0 Å². The Kier molecular flexibility index (Phi) is 4.27. The van der Waals surface area contributed by atoms with E-state index in [0.717, 1.165) is 16.8 Å². The van der Waals surface area contributed by atoms with E-state index < -0.39 is 0 Å². The van der Waals surface area contributed by atoms with E-state index in [4.69, 9.17) is 0 Å². The van der Waals surface area contributed by atoms with E-state index in [-0.39, 0.29) is 11.2 Å². The molecular weight excluding hydrogens is 333 g/mol. The molecule has 4 aromatic rings. The molecule has 0 atom stereocenters. The van der Waals surface area contributed by atoms with Crippen molar-refractivity contribution in [3.63, 3.8) is 0 Å². The van der Waals surface area contributed by atoms with E-state index in [1.165, 1.54) is 22.4 Å². The summed E-state index contributed by atoms with van der Waals surface area (Å²) in [5.74, 6) is -0.219. The van der Waals surface area contributed by atoms with Gasteiger partial charge >= 0.3 is 0 Å². The lowest BCUT2D eigenvalue weighted by atomic mass is 9.82. The highest BCUT2D eigenvalue weighted by Gasteiger charge is 2.18. The molecule has 1 nitrogen and oxygen atoms in total. The van der Waals surface area contributed by atoms with Crippen LogP contribution in [0.1, 0.15) is 26.3 Å². The molecule has 3 aromatic carbocycles. The Balaban J connectivity index is 1.91. The summed E-state index contributed by atoms with van der Waals surface area (Å²) in [6.07, 6.45) is 1.75. The smallest absolute Gasteiger partial charge is 0.131 e. The average Bonchev–Trinajstić information content (AvgIpc) is 2.67. The number of halogens is 1. The van der Waals surface area contributed by atoms with Gasteiger partial charge in [0.1, 0.15) is 5.82 Å². The number of aromatic nitrogens is 1. The van der Waals surface area contributed by atoms with Crippen molar-refractivity contribution in [2.75, 3.05) is 0 Å². The molecule has 1 heterocycles. The Labute approximate surface area is 159 Å². The fourth-order valence-electron chi connectivity index (χ4n) is 3.53. The number of pyridine rings is 1. The Morgan fingerprint density at radius 2 is 1.52 bits per heavy atom. The van der Waals surface area contributed by atoms with Gasteiger partial charge in [-0.15, -0.1) is 0 Å². The van der Waals surface area contributed by atoms with Crippen LogP contribution in [0.3, 0.4) is 0 Å². The molecule has 0 aliphatic carbocycles. The topological polar surface area (TPSA) is 12.9 Å². The summed E-state index contributed by atoms with van der Waals surface area (Å²) in [6, 6.07) is 23.5. The summed E-state index contributed by atoms with van der Waals surface area (Å²) >= 11 is 0. The molecule has 0 amide bonds. The third kappa shape index (κ3) is 3.35. The molecule has 0 unspecified atom stereocenters. The van der Waals surface area contributed by atoms with Gasteiger partial charge in [-0.3, -0.25) is 4.98 Å². The number of benzene rings is 3. The first-order valence-corrected chi connectivity index (χ1v) is 9.18. The highest BCUT2D eigenvalue weighted by molar-refractivity contribution is 5.91. The summed E-state index contributed by atoms with van der Waals surface area (Å²) in [7, 11) is 0. The molecule has 0 saturated carbocycles. The van der Waals surface area contributed by atoms with Gasteiger partial charge in [-0.2, -0.15) is 0 Å². The van der Waals surface area contributed by atoms with Gasteiger partial charge < -0.3 is 0 Å². The maximum Gasteiger partial charge on any atom is 0.131 e. The van der Waals surface area contributed by atoms with Crippen LogP contribution in [0.5, 0.6) is 0 Å². The highest BCUT2D eigenvalue weighted by Crippen LogP contribution is 2.35. The molecule has 0 spiro atoms. The predicted molar refractivity (Wildman–Crippen MR) is 111 cm³/mol. The lowest BCUT2D eigenvalue weighted by Crippen LogP contribution is -2.12. The summed E-state index contributed by atoms with van der Waals surface area (Å²) in [5, 5.41) is 2.46. The zero-order chi connectivity index (χ0) is 19.0. The van der Waals surface area contributed by atoms with Crippen LogP contribution in [0.15, 0.2) is 79.0 Å². The number of fused-ring (bicyclic) bond motifs is 1. The molecule has 0 aliphatic rings. The van der Waals surface area contributed by atoms with E-state index >= 15 is 0 Å². The fourth-order valence-corrected chi connectivity index (χ4v) is 3.53. The van der Waals surface area contributed by atoms with Crippen LogP contribution in [0, 0.1) is 5.82 Å². The molecule has 0 aliphatic heterocycles. The molecule has 0 fully saturated rings. The molecule has 27 heavy (non-hydrogen) atoms. The van der Waals surface area contributed by atoms with Crippen LogP contribution >= 0.6 is 0 Å². The standard InChI is InChI=1S/C25H22FN/c1-25(2,3)22-15-19(14-17-8-4-5-9-20(17)22)24-16-18(12-13-27-24)21-10-6-7-11-23(21)26/h4-16H,1-3H3. The zero-order valence-electron chi connectivity index (χ0n) is 15.8. The van der Waals surface area contributed by atoms with Crippen molar-refractivity contribution < 1.29 is 4.39 Å². The third-order valence-corrected chi connectivity index (χ3v) is 4.91. The predicted octanol–water partition coefficient (Wildman–Crippen LogP) is 7.01. The SMILES string of the molecule is CC(C)(C)c1cc(-c2cc(-c3ccccc3F)ccn2)cc2ccccc12. The number of hydrogen-bond acceptors (Lipinski definition) is 1. The Hall–Kier alpha value is -3.00.